The lowest BCUT2D eigenvalue weighted by Gasteiger charge is -2.35. The minimum atomic E-state index is -4.73. The first-order valence-corrected chi connectivity index (χ1v) is 14.0. The Hall–Kier alpha value is -2.62. The van der Waals surface area contributed by atoms with E-state index in [0.29, 0.717) is 5.69 Å². The maximum atomic E-state index is 14.2. The molecule has 1 unspecified atom stereocenters. The Kier molecular flexibility index (Phi) is 7.11. The second-order valence-corrected chi connectivity index (χ2v) is 12.5. The van der Waals surface area contributed by atoms with Crippen molar-refractivity contribution in [1.82, 2.24) is 9.88 Å². The van der Waals surface area contributed by atoms with E-state index in [0.717, 1.165) is 11.3 Å². The van der Waals surface area contributed by atoms with Crippen LogP contribution in [0.15, 0.2) is 42.6 Å². The highest BCUT2D eigenvalue weighted by Crippen LogP contribution is 2.41. The van der Waals surface area contributed by atoms with Crippen LogP contribution in [0.1, 0.15) is 56.5 Å². The lowest BCUT2D eigenvalue weighted by molar-refractivity contribution is -0.194. The number of benzene rings is 1. The molecule has 1 aromatic carbocycles. The summed E-state index contributed by atoms with van der Waals surface area (Å²) in [5.41, 5.74) is 2.67. The molecule has 4 rings (SSSR count). The third-order valence-corrected chi connectivity index (χ3v) is 9.28. The first-order chi connectivity index (χ1) is 16.8. The van der Waals surface area contributed by atoms with E-state index in [1.54, 1.807) is 6.07 Å². The first kappa shape index (κ1) is 26.4. The Morgan fingerprint density at radius 2 is 1.83 bits per heavy atom. The number of alkyl halides is 3. The van der Waals surface area contributed by atoms with Crippen molar-refractivity contribution in [2.24, 2.45) is 5.92 Å². The third-order valence-electron chi connectivity index (χ3n) is 7.56. The van der Waals surface area contributed by atoms with Crippen LogP contribution in [0.25, 0.3) is 0 Å². The molecule has 2 heterocycles. The molecule has 2 aliphatic rings. The number of anilines is 1. The monoisotopic (exact) mass is 523 g/mol. The molecule has 36 heavy (non-hydrogen) atoms. The van der Waals surface area contributed by atoms with Gasteiger partial charge in [0, 0.05) is 23.9 Å². The molecule has 1 aliphatic carbocycles. The molecule has 6 nitrogen and oxygen atoms in total. The molecular formula is C26H32F3N3O3S. The molecule has 2 aromatic rings. The number of sulfone groups is 1. The van der Waals surface area contributed by atoms with Crippen molar-refractivity contribution >= 4 is 21.4 Å². The summed E-state index contributed by atoms with van der Waals surface area (Å²) in [7, 11) is -3.24. The molecule has 1 amide bonds. The highest BCUT2D eigenvalue weighted by atomic mass is 32.2. The van der Waals surface area contributed by atoms with Crippen LogP contribution in [0.3, 0.4) is 0 Å². The largest absolute Gasteiger partial charge is 0.414 e. The Morgan fingerprint density at radius 3 is 2.39 bits per heavy atom. The van der Waals surface area contributed by atoms with Gasteiger partial charge in [-0.25, -0.2) is 8.42 Å². The van der Waals surface area contributed by atoms with E-state index in [1.807, 2.05) is 12.1 Å². The summed E-state index contributed by atoms with van der Waals surface area (Å²) in [5, 5.41) is 3.43. The van der Waals surface area contributed by atoms with Gasteiger partial charge in [-0.2, -0.15) is 13.2 Å². The quantitative estimate of drug-likeness (QED) is 0.595. The fourth-order valence-electron chi connectivity index (χ4n) is 5.42. The van der Waals surface area contributed by atoms with Crippen LogP contribution in [-0.4, -0.2) is 54.5 Å². The van der Waals surface area contributed by atoms with E-state index in [-0.39, 0.29) is 48.0 Å². The normalized spacial score (nSPS) is 22.0. The minimum absolute atomic E-state index is 0.0398. The van der Waals surface area contributed by atoms with E-state index in [2.05, 4.69) is 36.3 Å². The number of hydrogen-bond acceptors (Lipinski definition) is 5. The van der Waals surface area contributed by atoms with Crippen molar-refractivity contribution in [2.45, 2.75) is 63.7 Å². The van der Waals surface area contributed by atoms with E-state index >= 15 is 0 Å². The smallest absolute Gasteiger partial charge is 0.380 e. The maximum Gasteiger partial charge on any atom is 0.414 e. The Bertz CT molecular complexity index is 1200. The number of amides is 1. The second kappa shape index (κ2) is 9.68. The highest BCUT2D eigenvalue weighted by molar-refractivity contribution is 7.91. The van der Waals surface area contributed by atoms with Gasteiger partial charge in [-0.3, -0.25) is 9.78 Å². The number of fused-ring (bicyclic) bond motifs is 1. The number of nitrogens with one attached hydrogen (secondary N) is 1. The molecule has 0 spiro atoms. The number of aromatic nitrogens is 1. The summed E-state index contributed by atoms with van der Waals surface area (Å²) >= 11 is 0. The molecule has 0 saturated carbocycles. The molecule has 196 valence electrons. The fraction of sp³-hybridized carbons (Fsp3) is 0.538. The number of rotatable bonds is 6. The Morgan fingerprint density at radius 1 is 1.17 bits per heavy atom. The average Bonchev–Trinajstić information content (AvgIpc) is 3.06. The molecule has 1 aliphatic heterocycles. The standard InChI is InChI=1S/C26H32F3N3O3S/c1-4-32(24(33)17-11-13-36(34,35)14-12-17)23(26(27,28)29)21-10-9-19(16-30-21)31-22-15-18-7-5-6-8-20(18)25(22,2)3/h5-10,16-17,22-23,31H,4,11-15H2,1-3H3/t22?,23-/m0/s1. The second-order valence-electron chi connectivity index (χ2n) is 10.2. The zero-order valence-corrected chi connectivity index (χ0v) is 21.5. The summed E-state index contributed by atoms with van der Waals surface area (Å²) in [6.45, 7) is 5.60. The summed E-state index contributed by atoms with van der Waals surface area (Å²) in [5.74, 6) is -1.79. The summed E-state index contributed by atoms with van der Waals surface area (Å²) < 4.78 is 66.1. The van der Waals surface area contributed by atoms with Crippen LogP contribution >= 0.6 is 0 Å². The van der Waals surface area contributed by atoms with Crippen LogP contribution < -0.4 is 5.32 Å². The molecular weight excluding hydrogens is 491 g/mol. The van der Waals surface area contributed by atoms with Gasteiger partial charge in [-0.05, 0) is 49.4 Å². The van der Waals surface area contributed by atoms with Gasteiger partial charge in [0.15, 0.2) is 6.04 Å². The van der Waals surface area contributed by atoms with E-state index in [1.165, 1.54) is 30.3 Å². The topological polar surface area (TPSA) is 79.4 Å². The number of carbonyl (C=O) groups excluding carboxylic acids is 1. The first-order valence-electron chi connectivity index (χ1n) is 12.2. The summed E-state index contributed by atoms with van der Waals surface area (Å²) in [6.07, 6.45) is -2.47. The Balaban J connectivity index is 1.53. The lowest BCUT2D eigenvalue weighted by Crippen LogP contribution is -2.46. The Labute approximate surface area is 210 Å². The number of hydrogen-bond donors (Lipinski definition) is 1. The SMILES string of the molecule is CCN(C(=O)C1CCS(=O)(=O)CC1)[C@@H](c1ccc(NC2Cc3ccccc3C2(C)C)cn1)C(F)(F)F. The van der Waals surface area contributed by atoms with Gasteiger partial charge in [-0.1, -0.05) is 38.1 Å². The van der Waals surface area contributed by atoms with Crippen molar-refractivity contribution in [2.75, 3.05) is 23.4 Å². The number of carbonyl (C=O) groups is 1. The van der Waals surface area contributed by atoms with Crippen molar-refractivity contribution in [3.8, 4) is 0 Å². The van der Waals surface area contributed by atoms with Gasteiger partial charge in [-0.15, -0.1) is 0 Å². The van der Waals surface area contributed by atoms with Gasteiger partial charge < -0.3 is 10.2 Å². The van der Waals surface area contributed by atoms with Crippen LogP contribution in [0.5, 0.6) is 0 Å². The van der Waals surface area contributed by atoms with Crippen molar-refractivity contribution in [3.63, 3.8) is 0 Å². The molecule has 1 saturated heterocycles. The van der Waals surface area contributed by atoms with Crippen molar-refractivity contribution in [1.29, 1.82) is 0 Å². The van der Waals surface area contributed by atoms with Crippen LogP contribution in [0, 0.1) is 5.92 Å². The third kappa shape index (κ3) is 5.23. The van der Waals surface area contributed by atoms with Gasteiger partial charge in [0.2, 0.25) is 5.91 Å². The van der Waals surface area contributed by atoms with Crippen molar-refractivity contribution in [3.05, 3.63) is 59.4 Å². The number of halogens is 3. The molecule has 10 heteroatoms. The van der Waals surface area contributed by atoms with Gasteiger partial charge in [0.25, 0.3) is 0 Å². The van der Waals surface area contributed by atoms with Gasteiger partial charge >= 0.3 is 6.18 Å². The molecule has 1 aromatic heterocycles. The lowest BCUT2D eigenvalue weighted by atomic mass is 9.83. The summed E-state index contributed by atoms with van der Waals surface area (Å²) in [4.78, 5) is 18.0. The highest BCUT2D eigenvalue weighted by Gasteiger charge is 2.48. The van der Waals surface area contributed by atoms with Gasteiger partial charge in [0.05, 0.1) is 29.1 Å². The minimum Gasteiger partial charge on any atom is -0.380 e. The predicted octanol–water partition coefficient (Wildman–Crippen LogP) is 4.67. The zero-order chi connectivity index (χ0) is 26.3. The molecule has 1 N–H and O–H groups in total. The fourth-order valence-corrected chi connectivity index (χ4v) is 6.91. The van der Waals surface area contributed by atoms with E-state index in [9.17, 15) is 26.4 Å². The van der Waals surface area contributed by atoms with Crippen molar-refractivity contribution < 1.29 is 26.4 Å². The van der Waals surface area contributed by atoms with Crippen LogP contribution in [-0.2, 0) is 26.5 Å². The summed E-state index contributed by atoms with van der Waals surface area (Å²) in [6, 6.07) is 8.94. The van der Waals surface area contributed by atoms with E-state index < -0.39 is 33.9 Å². The maximum absolute atomic E-state index is 14.2. The number of nitrogens with zero attached hydrogens (tertiary/aromatic N) is 2. The number of pyridine rings is 1. The zero-order valence-electron chi connectivity index (χ0n) is 20.7. The van der Waals surface area contributed by atoms with E-state index in [4.69, 9.17) is 0 Å². The molecule has 1 fully saturated rings. The van der Waals surface area contributed by atoms with Crippen LogP contribution in [0.4, 0.5) is 18.9 Å². The van der Waals surface area contributed by atoms with Crippen LogP contribution in [0.2, 0.25) is 0 Å². The predicted molar refractivity (Wildman–Crippen MR) is 132 cm³/mol. The average molecular weight is 524 g/mol. The molecule has 2 atom stereocenters. The molecule has 0 radical (unpaired) electrons. The van der Waals surface area contributed by atoms with Gasteiger partial charge in [0.1, 0.15) is 9.84 Å². The molecule has 0 bridgehead atoms.